The molecule has 13 N–H and O–H groups in total. The number of carboxylic acid groups (broad SMARTS) is 2. The van der Waals surface area contributed by atoms with Gasteiger partial charge in [0.05, 0.1) is 51.5 Å². The fourth-order valence-corrected chi connectivity index (χ4v) is 6.52. The van der Waals surface area contributed by atoms with Crippen LogP contribution in [0.5, 0.6) is 0 Å². The quantitative estimate of drug-likeness (QED) is 0.0285. The Bertz CT molecular complexity index is 1450. The van der Waals surface area contributed by atoms with Crippen molar-refractivity contribution in [3.05, 3.63) is 0 Å². The van der Waals surface area contributed by atoms with Crippen molar-refractivity contribution in [2.75, 3.05) is 90.5 Å². The first-order chi connectivity index (χ1) is 31.6. The third-order valence-electron chi connectivity index (χ3n) is 9.12. The zero-order valence-corrected chi connectivity index (χ0v) is 38.9. The second-order valence-corrected chi connectivity index (χ2v) is 16.0. The molecule has 0 saturated heterocycles. The Kier molecular flexibility index (Phi) is 37.7. The van der Waals surface area contributed by atoms with E-state index in [-0.39, 0.29) is 128 Å². The second kappa shape index (κ2) is 40.6. The molecule has 24 nitrogen and oxygen atoms in total. The first-order valence-electron chi connectivity index (χ1n) is 22.3. The summed E-state index contributed by atoms with van der Waals surface area (Å²) in [5, 5.41) is 42.6. The Morgan fingerprint density at radius 2 is 1.06 bits per heavy atom. The number of hydrogen-bond donors (Lipinski definition) is 11. The Morgan fingerprint density at radius 1 is 0.545 bits per heavy atom. The van der Waals surface area contributed by atoms with Gasteiger partial charge in [0.15, 0.2) is 0 Å². The summed E-state index contributed by atoms with van der Waals surface area (Å²) in [6, 6.07) is -3.71. The van der Waals surface area contributed by atoms with Gasteiger partial charge in [-0.1, -0.05) is 38.5 Å². The smallest absolute Gasteiger partial charge is 0.303 e. The number of aliphatic hydroxyl groups excluding tert-OH is 1. The van der Waals surface area contributed by atoms with E-state index in [4.69, 9.17) is 40.6 Å². The molecule has 4 atom stereocenters. The van der Waals surface area contributed by atoms with Crippen LogP contribution in [0.4, 0.5) is 0 Å². The molecule has 0 aliphatic heterocycles. The molecule has 0 aromatic rings. The number of nitrogens with one attached hydrogen (secondary N) is 6. The number of nitrogens with two attached hydrogens (primary N) is 2. The van der Waals surface area contributed by atoms with Gasteiger partial charge in [-0.15, -0.1) is 11.8 Å². The number of carbonyl (C=O) groups excluding carboxylic acids is 7. The maximum Gasteiger partial charge on any atom is 0.303 e. The van der Waals surface area contributed by atoms with Gasteiger partial charge < -0.3 is 77.6 Å². The highest BCUT2D eigenvalue weighted by molar-refractivity contribution is 8.00. The van der Waals surface area contributed by atoms with E-state index in [1.165, 1.54) is 6.92 Å². The van der Waals surface area contributed by atoms with Crippen LogP contribution in [-0.2, 0) is 62.1 Å². The van der Waals surface area contributed by atoms with Crippen molar-refractivity contribution in [3.63, 3.8) is 0 Å². The predicted octanol–water partition coefficient (Wildman–Crippen LogP) is -2.35. The molecule has 380 valence electrons. The molecule has 0 aliphatic carbocycles. The van der Waals surface area contributed by atoms with Crippen LogP contribution in [0.25, 0.3) is 0 Å². The second-order valence-electron chi connectivity index (χ2n) is 15.0. The Morgan fingerprint density at radius 3 is 1.61 bits per heavy atom. The van der Waals surface area contributed by atoms with Crippen LogP contribution in [0.15, 0.2) is 0 Å². The zero-order valence-electron chi connectivity index (χ0n) is 38.1. The molecule has 3 unspecified atom stereocenters. The Hall–Kier alpha value is -4.66. The van der Waals surface area contributed by atoms with Crippen molar-refractivity contribution in [1.29, 1.82) is 0 Å². The molecule has 0 spiro atoms. The first kappa shape index (κ1) is 61.3. The summed E-state index contributed by atoms with van der Waals surface area (Å²) in [5.41, 5.74) is 10.9. The SMILES string of the molecule is CC(O)C(NC(=O)CSC[C@H](NC(=O)CCCC(=O)O)C(=O)NC(CCN)C(=O)NCCOCCOCC(=O)NCCOCCOCC(=O)NCCCCCCCCCCC(=O)O)C(N)=O. The molecule has 25 heteroatoms. The van der Waals surface area contributed by atoms with Crippen LogP contribution in [0, 0.1) is 0 Å². The van der Waals surface area contributed by atoms with Gasteiger partial charge in [0.25, 0.3) is 0 Å². The van der Waals surface area contributed by atoms with Crippen LogP contribution in [0.3, 0.4) is 0 Å². The third kappa shape index (κ3) is 36.5. The molecule has 0 rings (SSSR count). The summed E-state index contributed by atoms with van der Waals surface area (Å²) in [5.74, 6) is -6.49. The summed E-state index contributed by atoms with van der Waals surface area (Å²) in [7, 11) is 0. The number of aliphatic carboxylic acids is 2. The van der Waals surface area contributed by atoms with Gasteiger partial charge >= 0.3 is 11.9 Å². The summed E-state index contributed by atoms with van der Waals surface area (Å²) >= 11 is 0.907. The molecule has 66 heavy (non-hydrogen) atoms. The maximum atomic E-state index is 13.3. The van der Waals surface area contributed by atoms with Crippen molar-refractivity contribution >= 4 is 65.1 Å². The monoisotopic (exact) mass is 966 g/mol. The normalized spacial score (nSPS) is 12.8. The van der Waals surface area contributed by atoms with Crippen molar-refractivity contribution in [2.24, 2.45) is 11.5 Å². The topological polar surface area (TPSA) is 375 Å². The van der Waals surface area contributed by atoms with Gasteiger partial charge in [-0.25, -0.2) is 0 Å². The highest BCUT2D eigenvalue weighted by Crippen LogP contribution is 2.10. The number of primary amides is 1. The molecule has 0 aliphatic rings. The van der Waals surface area contributed by atoms with Crippen LogP contribution >= 0.6 is 11.8 Å². The Labute approximate surface area is 390 Å². The average molecular weight is 967 g/mol. The van der Waals surface area contributed by atoms with E-state index in [2.05, 4.69) is 31.9 Å². The molecule has 0 bridgehead atoms. The van der Waals surface area contributed by atoms with E-state index < -0.39 is 65.7 Å². The van der Waals surface area contributed by atoms with Crippen LogP contribution in [-0.4, -0.2) is 183 Å². The van der Waals surface area contributed by atoms with Gasteiger partial charge in [-0.3, -0.25) is 43.2 Å². The lowest BCUT2D eigenvalue weighted by molar-refractivity contribution is -0.138. The number of amides is 7. The number of aliphatic hydroxyl groups is 1. The number of carbonyl (C=O) groups is 9. The number of ether oxygens (including phenoxy) is 4. The van der Waals surface area contributed by atoms with Crippen molar-refractivity contribution in [3.8, 4) is 0 Å². The fourth-order valence-electron chi connectivity index (χ4n) is 5.66. The predicted molar refractivity (Wildman–Crippen MR) is 241 cm³/mol. The van der Waals surface area contributed by atoms with Gasteiger partial charge in [0.1, 0.15) is 31.3 Å². The van der Waals surface area contributed by atoms with Crippen molar-refractivity contribution < 1.29 is 77.4 Å². The lowest BCUT2D eigenvalue weighted by atomic mass is 10.1. The minimum absolute atomic E-state index is 0.00620. The number of unbranched alkanes of at least 4 members (excludes halogenated alkanes) is 7. The largest absolute Gasteiger partial charge is 0.481 e. The highest BCUT2D eigenvalue weighted by atomic mass is 32.2. The van der Waals surface area contributed by atoms with E-state index in [9.17, 15) is 48.3 Å². The third-order valence-corrected chi connectivity index (χ3v) is 10.2. The summed E-state index contributed by atoms with van der Waals surface area (Å²) < 4.78 is 21.4. The molecule has 0 aromatic carbocycles. The van der Waals surface area contributed by atoms with Crippen LogP contribution < -0.4 is 43.4 Å². The first-order valence-corrected chi connectivity index (χ1v) is 23.4. The number of thioether (sulfide) groups is 1. The molecule has 0 heterocycles. The maximum absolute atomic E-state index is 13.3. The summed E-state index contributed by atoms with van der Waals surface area (Å²) in [4.78, 5) is 108. The standard InChI is InChI=1S/C41H74N8O16S/c1-29(50)38(39(43)59)49-35(54)28-66-27-31(47-32(51)11-10-13-37(57)58)41(61)48-30(14-15-42)40(60)46-18-20-63-22-24-65-26-34(53)45-17-19-62-21-23-64-25-33(52)44-16-9-7-5-3-2-4-6-8-12-36(55)56/h29-31,38,50H,2-28,42H2,1H3,(H2,43,59)(H,44,52)(H,45,53)(H,46,60)(H,47,51)(H,48,61)(H,49,54)(H,55,56)(H,57,58)/t29?,30?,31-,38?/m0/s1. The minimum Gasteiger partial charge on any atom is -0.481 e. The highest BCUT2D eigenvalue weighted by Gasteiger charge is 2.28. The molecular weight excluding hydrogens is 893 g/mol. The van der Waals surface area contributed by atoms with E-state index in [1.54, 1.807) is 0 Å². The minimum atomic E-state index is -1.34. The Balaban J connectivity index is 4.28. The van der Waals surface area contributed by atoms with Gasteiger partial charge in [0, 0.05) is 44.6 Å². The molecular formula is C41H74N8O16S. The van der Waals surface area contributed by atoms with Crippen LogP contribution in [0.2, 0.25) is 0 Å². The van der Waals surface area contributed by atoms with Crippen molar-refractivity contribution in [2.45, 2.75) is 115 Å². The van der Waals surface area contributed by atoms with Gasteiger partial charge in [0.2, 0.25) is 41.4 Å². The lowest BCUT2D eigenvalue weighted by Crippen LogP contribution is -2.55. The van der Waals surface area contributed by atoms with E-state index in [1.807, 2.05) is 0 Å². The number of rotatable bonds is 44. The molecule has 0 aromatic heterocycles. The van der Waals surface area contributed by atoms with E-state index in [0.29, 0.717) is 6.54 Å². The number of carboxylic acids is 2. The number of hydrogen-bond acceptors (Lipinski definition) is 16. The van der Waals surface area contributed by atoms with E-state index in [0.717, 1.165) is 63.1 Å². The van der Waals surface area contributed by atoms with Crippen LogP contribution in [0.1, 0.15) is 90.4 Å². The zero-order chi connectivity index (χ0) is 49.4. The molecule has 0 radical (unpaired) electrons. The van der Waals surface area contributed by atoms with E-state index >= 15 is 0 Å². The molecule has 0 fully saturated rings. The fraction of sp³-hybridized carbons (Fsp3) is 0.780. The average Bonchev–Trinajstić information content (AvgIpc) is 3.25. The van der Waals surface area contributed by atoms with Crippen molar-refractivity contribution in [1.82, 2.24) is 31.9 Å². The molecule has 0 saturated carbocycles. The lowest BCUT2D eigenvalue weighted by Gasteiger charge is -2.23. The van der Waals surface area contributed by atoms with Gasteiger partial charge in [-0.2, -0.15) is 0 Å². The van der Waals surface area contributed by atoms with Gasteiger partial charge in [-0.05, 0) is 39.2 Å². The summed E-state index contributed by atoms with van der Waals surface area (Å²) in [6.07, 6.45) is 6.39. The molecule has 7 amide bonds. The summed E-state index contributed by atoms with van der Waals surface area (Å²) in [6.45, 7) is 2.81.